The van der Waals surface area contributed by atoms with Gasteiger partial charge in [-0.2, -0.15) is 5.10 Å². The van der Waals surface area contributed by atoms with E-state index in [4.69, 9.17) is 14.2 Å². The maximum absolute atomic E-state index is 12.8. The summed E-state index contributed by atoms with van der Waals surface area (Å²) in [6, 6.07) is 5.33. The van der Waals surface area contributed by atoms with Gasteiger partial charge in [0.25, 0.3) is 5.56 Å². The van der Waals surface area contributed by atoms with Gasteiger partial charge < -0.3 is 14.2 Å². The van der Waals surface area contributed by atoms with Crippen molar-refractivity contribution in [2.75, 3.05) is 18.8 Å². The van der Waals surface area contributed by atoms with Crippen LogP contribution in [0.5, 0.6) is 11.5 Å². The predicted octanol–water partition coefficient (Wildman–Crippen LogP) is 2.32. The number of benzene rings is 1. The smallest absolute Gasteiger partial charge is 0.345 e. The summed E-state index contributed by atoms with van der Waals surface area (Å²) in [5, 5.41) is 4.44. The van der Waals surface area contributed by atoms with Gasteiger partial charge in [-0.3, -0.25) is 14.8 Å². The number of fused-ring (bicyclic) bond motifs is 2. The first kappa shape index (κ1) is 18.0. The summed E-state index contributed by atoms with van der Waals surface area (Å²) in [5.41, 5.74) is 3.88. The summed E-state index contributed by atoms with van der Waals surface area (Å²) in [6.45, 7) is 4.01. The lowest BCUT2D eigenvalue weighted by Crippen LogP contribution is -2.37. The molecule has 1 atom stereocenters. The fraction of sp³-hybridized carbons (Fsp3) is 0.368. The third kappa shape index (κ3) is 3.19. The lowest BCUT2D eigenvalue weighted by atomic mass is 10.0. The Bertz CT molecular complexity index is 1010. The molecular weight excluding hydrogens is 364 g/mol. The molecule has 0 saturated heterocycles. The SMILES string of the molecule is CCOC(=O)c1cnc2n(c1=O)C(C)CCC2=NNc1ccc2c(c1)OCO2. The van der Waals surface area contributed by atoms with Crippen molar-refractivity contribution in [1.29, 1.82) is 0 Å². The highest BCUT2D eigenvalue weighted by atomic mass is 16.7. The number of aromatic nitrogens is 2. The molecule has 3 heterocycles. The van der Waals surface area contributed by atoms with E-state index in [2.05, 4.69) is 15.5 Å². The molecule has 0 aliphatic carbocycles. The van der Waals surface area contributed by atoms with Crippen LogP contribution in [0.2, 0.25) is 0 Å². The molecule has 0 radical (unpaired) electrons. The topological polar surface area (TPSA) is 104 Å². The van der Waals surface area contributed by atoms with E-state index in [0.717, 1.165) is 5.69 Å². The van der Waals surface area contributed by atoms with Crippen LogP contribution in [0.4, 0.5) is 5.69 Å². The zero-order chi connectivity index (χ0) is 19.7. The number of hydrazone groups is 1. The predicted molar refractivity (Wildman–Crippen MR) is 101 cm³/mol. The highest BCUT2D eigenvalue weighted by molar-refractivity contribution is 5.99. The van der Waals surface area contributed by atoms with Gasteiger partial charge in [0.15, 0.2) is 17.3 Å². The van der Waals surface area contributed by atoms with E-state index < -0.39 is 11.5 Å². The van der Waals surface area contributed by atoms with E-state index in [0.29, 0.717) is 35.9 Å². The van der Waals surface area contributed by atoms with Crippen molar-refractivity contribution >= 4 is 17.4 Å². The van der Waals surface area contributed by atoms with Gasteiger partial charge in [0, 0.05) is 18.3 Å². The van der Waals surface area contributed by atoms with Crippen LogP contribution in [-0.2, 0) is 4.74 Å². The van der Waals surface area contributed by atoms with Crippen LogP contribution < -0.4 is 20.5 Å². The largest absolute Gasteiger partial charge is 0.462 e. The Kier molecular flexibility index (Phi) is 4.72. The number of anilines is 1. The Morgan fingerprint density at radius 1 is 1.39 bits per heavy atom. The van der Waals surface area contributed by atoms with Crippen molar-refractivity contribution in [3.63, 3.8) is 0 Å². The van der Waals surface area contributed by atoms with Crippen LogP contribution in [0, 0.1) is 0 Å². The van der Waals surface area contributed by atoms with E-state index >= 15 is 0 Å². The van der Waals surface area contributed by atoms with Crippen molar-refractivity contribution in [2.45, 2.75) is 32.7 Å². The Balaban J connectivity index is 1.65. The molecule has 2 aromatic rings. The number of carbonyl (C=O) groups is 1. The number of nitrogens with one attached hydrogen (secondary N) is 1. The molecule has 9 nitrogen and oxygen atoms in total. The van der Waals surface area contributed by atoms with Crippen LogP contribution in [-0.4, -0.2) is 34.6 Å². The number of hydrogen-bond acceptors (Lipinski definition) is 8. The van der Waals surface area contributed by atoms with Crippen LogP contribution in [0.3, 0.4) is 0 Å². The average molecular weight is 384 g/mol. The molecule has 146 valence electrons. The van der Waals surface area contributed by atoms with Gasteiger partial charge in [0.1, 0.15) is 11.3 Å². The van der Waals surface area contributed by atoms with E-state index in [1.807, 2.05) is 13.0 Å². The van der Waals surface area contributed by atoms with Gasteiger partial charge in [-0.15, -0.1) is 0 Å². The highest BCUT2D eigenvalue weighted by Crippen LogP contribution is 2.34. The maximum atomic E-state index is 12.8. The Morgan fingerprint density at radius 2 is 2.21 bits per heavy atom. The fourth-order valence-electron chi connectivity index (χ4n) is 3.23. The molecule has 1 aromatic carbocycles. The molecule has 0 fully saturated rings. The van der Waals surface area contributed by atoms with E-state index in [1.54, 1.807) is 19.1 Å². The fourth-order valence-corrected chi connectivity index (χ4v) is 3.23. The van der Waals surface area contributed by atoms with Crippen LogP contribution in [0.1, 0.15) is 48.9 Å². The molecular formula is C19H20N4O5. The van der Waals surface area contributed by atoms with Crippen LogP contribution >= 0.6 is 0 Å². The lowest BCUT2D eigenvalue weighted by Gasteiger charge is -2.25. The number of nitrogens with zero attached hydrogens (tertiary/aromatic N) is 3. The molecule has 1 N–H and O–H groups in total. The van der Waals surface area contributed by atoms with Gasteiger partial charge in [0.05, 0.1) is 12.3 Å². The first-order valence-corrected chi connectivity index (χ1v) is 9.09. The van der Waals surface area contributed by atoms with Gasteiger partial charge in [-0.1, -0.05) is 0 Å². The molecule has 1 unspecified atom stereocenters. The lowest BCUT2D eigenvalue weighted by molar-refractivity contribution is 0.0522. The second-order valence-electron chi connectivity index (χ2n) is 6.52. The Labute approximate surface area is 160 Å². The normalized spacial score (nSPS) is 18.6. The van der Waals surface area contributed by atoms with Gasteiger partial charge >= 0.3 is 5.97 Å². The molecule has 4 rings (SSSR count). The average Bonchev–Trinajstić information content (AvgIpc) is 3.15. The van der Waals surface area contributed by atoms with Crippen molar-refractivity contribution < 1.29 is 19.0 Å². The van der Waals surface area contributed by atoms with Gasteiger partial charge in [-0.25, -0.2) is 9.78 Å². The van der Waals surface area contributed by atoms with Crippen molar-refractivity contribution in [2.24, 2.45) is 5.10 Å². The zero-order valence-corrected chi connectivity index (χ0v) is 15.6. The molecule has 2 aliphatic rings. The van der Waals surface area contributed by atoms with E-state index in [-0.39, 0.29) is 25.0 Å². The molecule has 0 saturated carbocycles. The maximum Gasteiger partial charge on any atom is 0.345 e. The Morgan fingerprint density at radius 3 is 3.04 bits per heavy atom. The summed E-state index contributed by atoms with van der Waals surface area (Å²) in [7, 11) is 0. The molecule has 1 aromatic heterocycles. The van der Waals surface area contributed by atoms with E-state index in [9.17, 15) is 9.59 Å². The number of ether oxygens (including phenoxy) is 3. The summed E-state index contributed by atoms with van der Waals surface area (Å²) in [4.78, 5) is 29.1. The number of hydrogen-bond donors (Lipinski definition) is 1. The first-order valence-electron chi connectivity index (χ1n) is 9.09. The molecule has 9 heteroatoms. The standard InChI is InChI=1S/C19H20N4O5/c1-3-26-19(25)13-9-20-17-14(6-4-11(2)23(17)18(13)24)22-21-12-5-7-15-16(8-12)28-10-27-15/h5,7-9,11,21H,3-4,6,10H2,1-2H3. The molecule has 2 aliphatic heterocycles. The van der Waals surface area contributed by atoms with Gasteiger partial charge in [-0.05, 0) is 38.8 Å². The van der Waals surface area contributed by atoms with E-state index in [1.165, 1.54) is 10.8 Å². The summed E-state index contributed by atoms with van der Waals surface area (Å²) < 4.78 is 17.1. The molecule has 28 heavy (non-hydrogen) atoms. The van der Waals surface area contributed by atoms with Crippen LogP contribution in [0.25, 0.3) is 0 Å². The quantitative estimate of drug-likeness (QED) is 0.637. The highest BCUT2D eigenvalue weighted by Gasteiger charge is 2.27. The second-order valence-corrected chi connectivity index (χ2v) is 6.52. The molecule has 0 spiro atoms. The van der Waals surface area contributed by atoms with Crippen molar-refractivity contribution in [1.82, 2.24) is 9.55 Å². The first-order chi connectivity index (χ1) is 13.6. The van der Waals surface area contributed by atoms with Crippen LogP contribution in [0.15, 0.2) is 34.3 Å². The summed E-state index contributed by atoms with van der Waals surface area (Å²) in [5.74, 6) is 1.13. The van der Waals surface area contributed by atoms with Crippen molar-refractivity contribution in [3.05, 3.63) is 46.1 Å². The third-order valence-electron chi connectivity index (χ3n) is 4.68. The van der Waals surface area contributed by atoms with Crippen molar-refractivity contribution in [3.8, 4) is 11.5 Å². The molecule has 0 bridgehead atoms. The number of esters is 1. The Hall–Kier alpha value is -3.36. The number of rotatable bonds is 4. The second kappa shape index (κ2) is 7.34. The summed E-state index contributed by atoms with van der Waals surface area (Å²) >= 11 is 0. The molecule has 0 amide bonds. The van der Waals surface area contributed by atoms with Gasteiger partial charge in [0.2, 0.25) is 6.79 Å². The zero-order valence-electron chi connectivity index (χ0n) is 15.6. The number of carbonyl (C=O) groups excluding carboxylic acids is 1. The minimum Gasteiger partial charge on any atom is -0.462 e. The summed E-state index contributed by atoms with van der Waals surface area (Å²) in [6.07, 6.45) is 2.63. The minimum absolute atomic E-state index is 0.0672. The minimum atomic E-state index is -0.662. The monoisotopic (exact) mass is 384 g/mol. The third-order valence-corrected chi connectivity index (χ3v) is 4.68.